The molecule has 0 radical (unpaired) electrons. The van der Waals surface area contributed by atoms with Gasteiger partial charge in [-0.3, -0.25) is 0 Å². The Hall–Kier alpha value is -1.94. The van der Waals surface area contributed by atoms with Crippen molar-refractivity contribution in [2.45, 2.75) is 20.0 Å². The number of hydrogen-bond donors (Lipinski definition) is 1. The van der Waals surface area contributed by atoms with E-state index in [-0.39, 0.29) is 5.82 Å². The van der Waals surface area contributed by atoms with Gasteiger partial charge in [0.25, 0.3) is 0 Å². The first-order valence-corrected chi connectivity index (χ1v) is 6.13. The molecule has 1 heterocycles. The van der Waals surface area contributed by atoms with Crippen molar-refractivity contribution < 1.29 is 9.13 Å². The summed E-state index contributed by atoms with van der Waals surface area (Å²) in [6.45, 7) is 3.30. The number of nitrogens with zero attached hydrogens (tertiary/aromatic N) is 1. The molecule has 1 aromatic heterocycles. The van der Waals surface area contributed by atoms with Gasteiger partial charge >= 0.3 is 0 Å². The summed E-state index contributed by atoms with van der Waals surface area (Å²) in [4.78, 5) is 4.05. The average molecular weight is 260 g/mol. The van der Waals surface area contributed by atoms with Gasteiger partial charge in [-0.05, 0) is 41.8 Å². The van der Waals surface area contributed by atoms with E-state index in [1.165, 1.54) is 6.07 Å². The SMILES string of the molecule is COc1cc(CNCc2cc(F)ccc2C)ccn1. The predicted molar refractivity (Wildman–Crippen MR) is 72.5 cm³/mol. The van der Waals surface area contributed by atoms with Crippen LogP contribution in [0.2, 0.25) is 0 Å². The molecule has 3 nitrogen and oxygen atoms in total. The van der Waals surface area contributed by atoms with Crippen molar-refractivity contribution in [2.75, 3.05) is 7.11 Å². The third kappa shape index (κ3) is 3.76. The lowest BCUT2D eigenvalue weighted by molar-refractivity contribution is 0.397. The highest BCUT2D eigenvalue weighted by Gasteiger charge is 2.01. The van der Waals surface area contributed by atoms with E-state index < -0.39 is 0 Å². The largest absolute Gasteiger partial charge is 0.481 e. The molecule has 0 aliphatic carbocycles. The van der Waals surface area contributed by atoms with E-state index in [4.69, 9.17) is 4.74 Å². The maximum absolute atomic E-state index is 13.1. The first kappa shape index (κ1) is 13.5. The highest BCUT2D eigenvalue weighted by Crippen LogP contribution is 2.11. The van der Waals surface area contributed by atoms with Crippen molar-refractivity contribution in [3.63, 3.8) is 0 Å². The summed E-state index contributed by atoms with van der Waals surface area (Å²) >= 11 is 0. The molecule has 0 aliphatic rings. The minimum atomic E-state index is -0.201. The number of pyridine rings is 1. The molecule has 0 unspecified atom stereocenters. The Balaban J connectivity index is 1.94. The molecule has 0 fully saturated rings. The minimum absolute atomic E-state index is 0.201. The third-order valence-corrected chi connectivity index (χ3v) is 2.96. The molecular formula is C15H17FN2O. The van der Waals surface area contributed by atoms with Crippen LogP contribution in [0.3, 0.4) is 0 Å². The lowest BCUT2D eigenvalue weighted by Crippen LogP contribution is -2.13. The van der Waals surface area contributed by atoms with Crippen molar-refractivity contribution >= 4 is 0 Å². The van der Waals surface area contributed by atoms with E-state index in [9.17, 15) is 4.39 Å². The van der Waals surface area contributed by atoms with Crippen LogP contribution in [0.15, 0.2) is 36.5 Å². The molecule has 0 saturated heterocycles. The molecule has 0 amide bonds. The number of aryl methyl sites for hydroxylation is 1. The van der Waals surface area contributed by atoms with E-state index in [2.05, 4.69) is 10.3 Å². The standard InChI is InChI=1S/C15H17FN2O/c1-11-3-4-14(16)8-13(11)10-17-9-12-5-6-18-15(7-12)19-2/h3-8,17H,9-10H2,1-2H3. The van der Waals surface area contributed by atoms with Crippen molar-refractivity contribution in [3.8, 4) is 5.88 Å². The zero-order valence-corrected chi connectivity index (χ0v) is 11.1. The van der Waals surface area contributed by atoms with Gasteiger partial charge in [-0.25, -0.2) is 9.37 Å². The zero-order chi connectivity index (χ0) is 13.7. The lowest BCUT2D eigenvalue weighted by Gasteiger charge is -2.08. The van der Waals surface area contributed by atoms with Crippen molar-refractivity contribution in [2.24, 2.45) is 0 Å². The number of nitrogens with one attached hydrogen (secondary N) is 1. The number of ether oxygens (including phenoxy) is 1. The predicted octanol–water partition coefficient (Wildman–Crippen LogP) is 2.83. The van der Waals surface area contributed by atoms with Crippen LogP contribution in [0.1, 0.15) is 16.7 Å². The van der Waals surface area contributed by atoms with Crippen LogP contribution >= 0.6 is 0 Å². The van der Waals surface area contributed by atoms with Crippen LogP contribution in [-0.2, 0) is 13.1 Å². The van der Waals surface area contributed by atoms with Crippen LogP contribution in [0.25, 0.3) is 0 Å². The van der Waals surface area contributed by atoms with Gasteiger partial charge in [-0.15, -0.1) is 0 Å². The smallest absolute Gasteiger partial charge is 0.213 e. The van der Waals surface area contributed by atoms with Crippen LogP contribution in [0.5, 0.6) is 5.88 Å². The fraction of sp³-hybridized carbons (Fsp3) is 0.267. The Morgan fingerprint density at radius 1 is 1.21 bits per heavy atom. The molecule has 0 bridgehead atoms. The zero-order valence-electron chi connectivity index (χ0n) is 11.1. The summed E-state index contributed by atoms with van der Waals surface area (Å²) in [7, 11) is 1.59. The Kier molecular flexibility index (Phi) is 4.47. The van der Waals surface area contributed by atoms with Crippen molar-refractivity contribution in [3.05, 3.63) is 59.0 Å². The second kappa shape index (κ2) is 6.29. The summed E-state index contributed by atoms with van der Waals surface area (Å²) in [5.41, 5.74) is 3.14. The van der Waals surface area contributed by atoms with Gasteiger partial charge < -0.3 is 10.1 Å². The second-order valence-corrected chi connectivity index (χ2v) is 4.38. The molecule has 100 valence electrons. The first-order chi connectivity index (χ1) is 9.19. The lowest BCUT2D eigenvalue weighted by atomic mass is 10.1. The molecule has 2 aromatic rings. The number of methoxy groups -OCH3 is 1. The van der Waals surface area contributed by atoms with Crippen LogP contribution < -0.4 is 10.1 Å². The highest BCUT2D eigenvalue weighted by atomic mass is 19.1. The normalized spacial score (nSPS) is 10.5. The quantitative estimate of drug-likeness (QED) is 0.897. The molecule has 0 saturated carbocycles. The highest BCUT2D eigenvalue weighted by molar-refractivity contribution is 5.26. The Morgan fingerprint density at radius 3 is 2.84 bits per heavy atom. The van der Waals surface area contributed by atoms with Crippen LogP contribution in [-0.4, -0.2) is 12.1 Å². The Bertz CT molecular complexity index is 558. The maximum atomic E-state index is 13.1. The molecule has 0 atom stereocenters. The van der Waals surface area contributed by atoms with Crippen molar-refractivity contribution in [1.82, 2.24) is 10.3 Å². The molecule has 1 N–H and O–H groups in total. The van der Waals surface area contributed by atoms with Gasteiger partial charge in [0.05, 0.1) is 7.11 Å². The maximum Gasteiger partial charge on any atom is 0.213 e. The summed E-state index contributed by atoms with van der Waals surface area (Å²) in [6.07, 6.45) is 1.71. The summed E-state index contributed by atoms with van der Waals surface area (Å²) in [5, 5.41) is 3.29. The van der Waals surface area contributed by atoms with E-state index >= 15 is 0 Å². The molecule has 2 rings (SSSR count). The molecule has 0 aliphatic heterocycles. The topological polar surface area (TPSA) is 34.1 Å². The second-order valence-electron chi connectivity index (χ2n) is 4.38. The molecular weight excluding hydrogens is 243 g/mol. The molecule has 4 heteroatoms. The number of halogens is 1. The van der Waals surface area contributed by atoms with Gasteiger partial charge in [0.15, 0.2) is 0 Å². The van der Waals surface area contributed by atoms with Gasteiger partial charge in [-0.1, -0.05) is 6.07 Å². The summed E-state index contributed by atoms with van der Waals surface area (Å²) in [5.74, 6) is 0.397. The number of rotatable bonds is 5. The molecule has 1 aromatic carbocycles. The minimum Gasteiger partial charge on any atom is -0.481 e. The van der Waals surface area contributed by atoms with E-state index in [1.54, 1.807) is 25.4 Å². The van der Waals surface area contributed by atoms with Gasteiger partial charge in [0.1, 0.15) is 5.82 Å². The number of benzene rings is 1. The van der Waals surface area contributed by atoms with E-state index in [1.807, 2.05) is 19.1 Å². The van der Waals surface area contributed by atoms with Gasteiger partial charge in [-0.2, -0.15) is 0 Å². The van der Waals surface area contributed by atoms with Crippen LogP contribution in [0.4, 0.5) is 4.39 Å². The van der Waals surface area contributed by atoms with Gasteiger partial charge in [0, 0.05) is 25.4 Å². The van der Waals surface area contributed by atoms with Gasteiger partial charge in [0.2, 0.25) is 5.88 Å². The van der Waals surface area contributed by atoms with Crippen LogP contribution in [0, 0.1) is 12.7 Å². The monoisotopic (exact) mass is 260 g/mol. The Labute approximate surface area is 112 Å². The van der Waals surface area contributed by atoms with E-state index in [0.29, 0.717) is 19.0 Å². The summed E-state index contributed by atoms with van der Waals surface area (Å²) < 4.78 is 18.2. The number of hydrogen-bond acceptors (Lipinski definition) is 3. The average Bonchev–Trinajstić information content (AvgIpc) is 2.43. The fourth-order valence-corrected chi connectivity index (χ4v) is 1.84. The fourth-order valence-electron chi connectivity index (χ4n) is 1.84. The van der Waals surface area contributed by atoms with E-state index in [0.717, 1.165) is 16.7 Å². The third-order valence-electron chi connectivity index (χ3n) is 2.96. The first-order valence-electron chi connectivity index (χ1n) is 6.13. The Morgan fingerprint density at radius 2 is 2.05 bits per heavy atom. The molecule has 0 spiro atoms. The number of aromatic nitrogens is 1. The molecule has 19 heavy (non-hydrogen) atoms. The van der Waals surface area contributed by atoms with Crippen molar-refractivity contribution in [1.29, 1.82) is 0 Å². The summed E-state index contributed by atoms with van der Waals surface area (Å²) in [6, 6.07) is 8.64.